The highest BCUT2D eigenvalue weighted by molar-refractivity contribution is 7.99. The monoisotopic (exact) mass is 274 g/mol. The Morgan fingerprint density at radius 2 is 1.79 bits per heavy atom. The maximum absolute atomic E-state index is 5.55. The summed E-state index contributed by atoms with van der Waals surface area (Å²) in [5.74, 6) is 0. The average molecular weight is 274 g/mol. The van der Waals surface area contributed by atoms with E-state index in [1.807, 2.05) is 26.1 Å². The molecule has 100 valence electrons. The fourth-order valence-corrected chi connectivity index (χ4v) is 2.73. The minimum atomic E-state index is 0.647. The van der Waals surface area contributed by atoms with E-state index in [4.69, 9.17) is 5.73 Å². The van der Waals surface area contributed by atoms with Crippen LogP contribution in [0.2, 0.25) is 0 Å². The summed E-state index contributed by atoms with van der Waals surface area (Å²) in [5, 5.41) is 1.70. The van der Waals surface area contributed by atoms with Gasteiger partial charge in [0.25, 0.3) is 0 Å². The molecule has 0 fully saturated rings. The molecule has 0 aliphatic rings. The number of aromatic nitrogens is 3. The van der Waals surface area contributed by atoms with Crippen LogP contribution in [0.3, 0.4) is 0 Å². The topological polar surface area (TPSA) is 64.7 Å². The van der Waals surface area contributed by atoms with Crippen molar-refractivity contribution in [2.45, 2.75) is 37.4 Å². The lowest BCUT2D eigenvalue weighted by Crippen LogP contribution is -2.03. The average Bonchev–Trinajstić information content (AvgIpc) is 2.32. The molecule has 2 aromatic rings. The third-order valence-corrected chi connectivity index (χ3v) is 3.66. The predicted molar refractivity (Wildman–Crippen MR) is 77.4 cm³/mol. The molecule has 0 amide bonds. The number of hydrogen-bond donors (Lipinski definition) is 1. The fraction of sp³-hybridized carbons (Fsp3) is 0.357. The van der Waals surface area contributed by atoms with E-state index in [1.165, 1.54) is 17.3 Å². The molecule has 4 nitrogen and oxygen atoms in total. The molecule has 0 aliphatic carbocycles. The number of pyridine rings is 1. The summed E-state index contributed by atoms with van der Waals surface area (Å²) in [6.07, 6.45) is 2.74. The molecule has 2 heterocycles. The summed E-state index contributed by atoms with van der Waals surface area (Å²) in [6, 6.07) is 4.10. The Kier molecular flexibility index (Phi) is 4.50. The van der Waals surface area contributed by atoms with Gasteiger partial charge in [-0.2, -0.15) is 0 Å². The van der Waals surface area contributed by atoms with Crippen LogP contribution in [0.1, 0.15) is 22.5 Å². The third-order valence-electron chi connectivity index (χ3n) is 2.67. The van der Waals surface area contributed by atoms with Gasteiger partial charge in [-0.05, 0) is 62.7 Å². The van der Waals surface area contributed by atoms with E-state index in [2.05, 4.69) is 27.9 Å². The summed E-state index contributed by atoms with van der Waals surface area (Å²) >= 11 is 1.50. The highest BCUT2D eigenvalue weighted by Crippen LogP contribution is 2.26. The van der Waals surface area contributed by atoms with Crippen LogP contribution < -0.4 is 5.73 Å². The Hall–Kier alpha value is -1.46. The molecular weight excluding hydrogens is 256 g/mol. The van der Waals surface area contributed by atoms with E-state index in [-0.39, 0.29) is 0 Å². The second-order valence-corrected chi connectivity index (χ2v) is 5.50. The standard InChI is InChI=1S/C14H18N4S/c1-9-6-12(4-5-15)8-16-13(9)19-14-17-10(2)7-11(3)18-14/h6-8H,4-5,15H2,1-3H3. The molecule has 0 radical (unpaired) electrons. The smallest absolute Gasteiger partial charge is 0.194 e. The Balaban J connectivity index is 2.23. The quantitative estimate of drug-likeness (QED) is 0.868. The van der Waals surface area contributed by atoms with Gasteiger partial charge in [-0.25, -0.2) is 15.0 Å². The molecule has 0 spiro atoms. The highest BCUT2D eigenvalue weighted by Gasteiger charge is 2.07. The van der Waals surface area contributed by atoms with Gasteiger partial charge in [0.15, 0.2) is 5.16 Å². The lowest BCUT2D eigenvalue weighted by molar-refractivity contribution is 0.893. The van der Waals surface area contributed by atoms with Crippen molar-refractivity contribution in [1.82, 2.24) is 15.0 Å². The Morgan fingerprint density at radius 3 is 2.37 bits per heavy atom. The second-order valence-electron chi connectivity index (χ2n) is 4.54. The van der Waals surface area contributed by atoms with Crippen LogP contribution in [-0.4, -0.2) is 21.5 Å². The van der Waals surface area contributed by atoms with Crippen molar-refractivity contribution >= 4 is 11.8 Å². The van der Waals surface area contributed by atoms with Crippen LogP contribution in [0.15, 0.2) is 28.5 Å². The van der Waals surface area contributed by atoms with E-state index in [0.29, 0.717) is 6.54 Å². The highest BCUT2D eigenvalue weighted by atomic mass is 32.2. The Morgan fingerprint density at radius 1 is 1.11 bits per heavy atom. The molecular formula is C14H18N4S. The van der Waals surface area contributed by atoms with Crippen molar-refractivity contribution in [2.75, 3.05) is 6.54 Å². The van der Waals surface area contributed by atoms with Crippen molar-refractivity contribution in [3.8, 4) is 0 Å². The predicted octanol–water partition coefficient (Wildman–Crippen LogP) is 2.45. The molecule has 5 heteroatoms. The summed E-state index contributed by atoms with van der Waals surface area (Å²) < 4.78 is 0. The summed E-state index contributed by atoms with van der Waals surface area (Å²) in [6.45, 7) is 6.65. The van der Waals surface area contributed by atoms with Crippen LogP contribution in [0.5, 0.6) is 0 Å². The van der Waals surface area contributed by atoms with Gasteiger partial charge in [-0.15, -0.1) is 0 Å². The number of rotatable bonds is 4. The minimum Gasteiger partial charge on any atom is -0.330 e. The Labute approximate surface area is 117 Å². The minimum absolute atomic E-state index is 0.647. The van der Waals surface area contributed by atoms with Gasteiger partial charge in [0.1, 0.15) is 5.03 Å². The first-order valence-corrected chi connectivity index (χ1v) is 7.06. The van der Waals surface area contributed by atoms with Gasteiger partial charge in [0.2, 0.25) is 0 Å². The zero-order chi connectivity index (χ0) is 13.8. The van der Waals surface area contributed by atoms with E-state index in [9.17, 15) is 0 Å². The SMILES string of the molecule is Cc1cc(C)nc(Sc2ncc(CCN)cc2C)n1. The number of aryl methyl sites for hydroxylation is 3. The van der Waals surface area contributed by atoms with Crippen LogP contribution in [0.4, 0.5) is 0 Å². The molecule has 0 aliphatic heterocycles. The van der Waals surface area contributed by atoms with Crippen LogP contribution in [0, 0.1) is 20.8 Å². The maximum Gasteiger partial charge on any atom is 0.194 e. The van der Waals surface area contributed by atoms with Crippen molar-refractivity contribution in [3.63, 3.8) is 0 Å². The summed E-state index contributed by atoms with van der Waals surface area (Å²) in [5.41, 5.74) is 9.82. The van der Waals surface area contributed by atoms with Crippen LogP contribution >= 0.6 is 11.8 Å². The molecule has 2 N–H and O–H groups in total. The van der Waals surface area contributed by atoms with Gasteiger partial charge in [0, 0.05) is 17.6 Å². The molecule has 0 saturated carbocycles. The van der Waals surface area contributed by atoms with E-state index < -0.39 is 0 Å². The van der Waals surface area contributed by atoms with Crippen molar-refractivity contribution in [3.05, 3.63) is 40.8 Å². The lowest BCUT2D eigenvalue weighted by atomic mass is 10.2. The molecule has 2 aromatic heterocycles. The first-order valence-electron chi connectivity index (χ1n) is 6.24. The number of nitrogens with two attached hydrogens (primary N) is 1. The largest absolute Gasteiger partial charge is 0.330 e. The molecule has 19 heavy (non-hydrogen) atoms. The first-order chi connectivity index (χ1) is 9.08. The number of nitrogens with zero attached hydrogens (tertiary/aromatic N) is 3. The first kappa shape index (κ1) is 14.0. The second kappa shape index (κ2) is 6.12. The van der Waals surface area contributed by atoms with Gasteiger partial charge in [0.05, 0.1) is 0 Å². The van der Waals surface area contributed by atoms with Gasteiger partial charge < -0.3 is 5.73 Å². The molecule has 0 unspecified atom stereocenters. The Bertz CT molecular complexity index is 563. The maximum atomic E-state index is 5.55. The molecule has 2 rings (SSSR count). The lowest BCUT2D eigenvalue weighted by Gasteiger charge is -2.07. The molecule has 0 aromatic carbocycles. The molecule has 0 atom stereocenters. The van der Waals surface area contributed by atoms with E-state index in [0.717, 1.165) is 33.6 Å². The van der Waals surface area contributed by atoms with Crippen molar-refractivity contribution in [1.29, 1.82) is 0 Å². The van der Waals surface area contributed by atoms with Crippen molar-refractivity contribution in [2.24, 2.45) is 5.73 Å². The van der Waals surface area contributed by atoms with Gasteiger partial charge >= 0.3 is 0 Å². The third kappa shape index (κ3) is 3.75. The van der Waals surface area contributed by atoms with E-state index in [1.54, 1.807) is 0 Å². The number of hydrogen-bond acceptors (Lipinski definition) is 5. The van der Waals surface area contributed by atoms with Crippen molar-refractivity contribution < 1.29 is 0 Å². The normalized spacial score (nSPS) is 10.7. The fourth-order valence-electron chi connectivity index (χ4n) is 1.86. The molecule has 0 bridgehead atoms. The zero-order valence-corrected chi connectivity index (χ0v) is 12.3. The van der Waals surface area contributed by atoms with Crippen LogP contribution in [-0.2, 0) is 6.42 Å². The molecule has 0 saturated heterocycles. The summed E-state index contributed by atoms with van der Waals surface area (Å²) in [4.78, 5) is 13.3. The van der Waals surface area contributed by atoms with Gasteiger partial charge in [-0.1, -0.05) is 6.07 Å². The van der Waals surface area contributed by atoms with Crippen LogP contribution in [0.25, 0.3) is 0 Å². The van der Waals surface area contributed by atoms with E-state index >= 15 is 0 Å². The summed E-state index contributed by atoms with van der Waals surface area (Å²) in [7, 11) is 0. The zero-order valence-electron chi connectivity index (χ0n) is 11.5. The van der Waals surface area contributed by atoms with Gasteiger partial charge in [-0.3, -0.25) is 0 Å².